The smallest absolute Gasteiger partial charge is 0.412 e. The van der Waals surface area contributed by atoms with Crippen LogP contribution in [0.1, 0.15) is 11.7 Å². The summed E-state index contributed by atoms with van der Waals surface area (Å²) in [6.07, 6.45) is -0.983. The summed E-state index contributed by atoms with van der Waals surface area (Å²) in [6.45, 7) is 0. The zero-order valence-electron chi connectivity index (χ0n) is 17.2. The summed E-state index contributed by atoms with van der Waals surface area (Å²) in [5.74, 6) is -1.98. The number of nitrogens with one attached hydrogen (secondary N) is 2. The summed E-state index contributed by atoms with van der Waals surface area (Å²) >= 11 is 0. The number of phenolic OH excluding ortho intramolecular Hbond substituents is 1. The number of halogens is 1. The average Bonchev–Trinajstić information content (AvgIpc) is 2.83. The summed E-state index contributed by atoms with van der Waals surface area (Å²) in [7, 11) is 0. The van der Waals surface area contributed by atoms with Crippen LogP contribution in [-0.2, 0) is 9.53 Å². The molecule has 0 fully saturated rings. The molecule has 33 heavy (non-hydrogen) atoms. The van der Waals surface area contributed by atoms with Crippen molar-refractivity contribution in [2.75, 3.05) is 5.32 Å². The van der Waals surface area contributed by atoms with Crippen molar-refractivity contribution in [3.05, 3.63) is 102 Å². The Morgan fingerprint density at radius 3 is 2.27 bits per heavy atom. The third kappa shape index (κ3) is 6.81. The molecular formula is C24H21FN2O6. The van der Waals surface area contributed by atoms with E-state index in [1.165, 1.54) is 17.6 Å². The van der Waals surface area contributed by atoms with Gasteiger partial charge in [-0.25, -0.2) is 14.7 Å². The van der Waals surface area contributed by atoms with Crippen LogP contribution in [-0.4, -0.2) is 28.4 Å². The molecule has 0 saturated heterocycles. The first kappa shape index (κ1) is 23.3. The second-order valence-corrected chi connectivity index (χ2v) is 6.76. The number of phenols is 1. The molecule has 0 saturated carbocycles. The van der Waals surface area contributed by atoms with Gasteiger partial charge in [0.25, 0.3) is 5.91 Å². The van der Waals surface area contributed by atoms with Crippen LogP contribution in [0.5, 0.6) is 11.5 Å². The molecular weight excluding hydrogens is 431 g/mol. The van der Waals surface area contributed by atoms with Gasteiger partial charge in [-0.3, -0.25) is 15.3 Å². The number of rotatable bonds is 8. The largest absolute Gasteiger partial charge is 0.505 e. The predicted octanol–water partition coefficient (Wildman–Crippen LogP) is 4.33. The van der Waals surface area contributed by atoms with Gasteiger partial charge in [0, 0.05) is 11.8 Å². The van der Waals surface area contributed by atoms with Gasteiger partial charge in [0.2, 0.25) is 0 Å². The number of carbonyl (C=O) groups is 2. The van der Waals surface area contributed by atoms with E-state index in [4.69, 9.17) is 14.7 Å². The molecule has 0 spiro atoms. The molecule has 3 rings (SSSR count). The summed E-state index contributed by atoms with van der Waals surface area (Å²) in [5.41, 5.74) is 2.08. The summed E-state index contributed by atoms with van der Waals surface area (Å²) in [4.78, 5) is 24.2. The Bertz CT molecular complexity index is 1110. The van der Waals surface area contributed by atoms with Crippen molar-refractivity contribution in [1.82, 2.24) is 5.48 Å². The van der Waals surface area contributed by atoms with Gasteiger partial charge in [-0.1, -0.05) is 42.5 Å². The summed E-state index contributed by atoms with van der Waals surface area (Å²) in [6, 6.07) is 20.5. The third-order valence-electron chi connectivity index (χ3n) is 4.42. The lowest BCUT2D eigenvalue weighted by molar-refractivity contribution is -0.124. The number of hydroxylamine groups is 1. The number of hydrogen-bond donors (Lipinski definition) is 4. The summed E-state index contributed by atoms with van der Waals surface area (Å²) < 4.78 is 25.6. The lowest BCUT2D eigenvalue weighted by atomic mass is 10.0. The minimum atomic E-state index is -1.24. The van der Waals surface area contributed by atoms with E-state index in [1.54, 1.807) is 60.7 Å². The van der Waals surface area contributed by atoms with Crippen molar-refractivity contribution in [2.45, 2.75) is 12.2 Å². The van der Waals surface area contributed by atoms with Crippen molar-refractivity contribution in [3.8, 4) is 11.5 Å². The SMILES string of the molecule is O=C(/C=C/[C@H](Oc1ccccc1)[C@@H](OC(=O)Nc1ccccc1)c1ccc(O)c(F)c1)NO. The Hall–Kier alpha value is -4.37. The van der Waals surface area contributed by atoms with E-state index in [0.717, 1.165) is 18.2 Å². The first-order chi connectivity index (χ1) is 16.0. The van der Waals surface area contributed by atoms with Crippen molar-refractivity contribution in [1.29, 1.82) is 0 Å². The van der Waals surface area contributed by atoms with Crippen molar-refractivity contribution < 1.29 is 33.8 Å². The maximum absolute atomic E-state index is 14.1. The highest BCUT2D eigenvalue weighted by Crippen LogP contribution is 2.30. The van der Waals surface area contributed by atoms with E-state index in [-0.39, 0.29) is 5.56 Å². The van der Waals surface area contributed by atoms with Crippen LogP contribution in [0, 0.1) is 5.82 Å². The lowest BCUT2D eigenvalue weighted by Crippen LogP contribution is -2.30. The van der Waals surface area contributed by atoms with E-state index in [0.29, 0.717) is 11.4 Å². The number of benzene rings is 3. The second-order valence-electron chi connectivity index (χ2n) is 6.76. The van der Waals surface area contributed by atoms with Crippen LogP contribution in [0.2, 0.25) is 0 Å². The van der Waals surface area contributed by atoms with Gasteiger partial charge in [-0.05, 0) is 48.0 Å². The number of aromatic hydroxyl groups is 1. The van der Waals surface area contributed by atoms with Gasteiger partial charge < -0.3 is 14.6 Å². The fourth-order valence-electron chi connectivity index (χ4n) is 2.89. The van der Waals surface area contributed by atoms with Crippen molar-refractivity contribution in [2.24, 2.45) is 0 Å². The first-order valence-electron chi connectivity index (χ1n) is 9.81. The van der Waals surface area contributed by atoms with E-state index in [1.807, 2.05) is 0 Å². The molecule has 4 N–H and O–H groups in total. The molecule has 3 aromatic carbocycles. The van der Waals surface area contributed by atoms with E-state index >= 15 is 0 Å². The number of carbonyl (C=O) groups excluding carboxylic acids is 2. The number of anilines is 1. The predicted molar refractivity (Wildman–Crippen MR) is 117 cm³/mol. The Kier molecular flexibility index (Phi) is 7.98. The molecule has 9 heteroatoms. The molecule has 0 unspecified atom stereocenters. The van der Waals surface area contributed by atoms with Crippen LogP contribution >= 0.6 is 0 Å². The highest BCUT2D eigenvalue weighted by atomic mass is 19.1. The van der Waals surface area contributed by atoms with Crippen LogP contribution in [0.15, 0.2) is 91.0 Å². The molecule has 0 aliphatic heterocycles. The van der Waals surface area contributed by atoms with Gasteiger partial charge in [-0.15, -0.1) is 0 Å². The minimum Gasteiger partial charge on any atom is -0.505 e. The average molecular weight is 452 g/mol. The Morgan fingerprint density at radius 1 is 0.970 bits per heavy atom. The lowest BCUT2D eigenvalue weighted by Gasteiger charge is -2.26. The van der Waals surface area contributed by atoms with Crippen molar-refractivity contribution in [3.63, 3.8) is 0 Å². The molecule has 0 heterocycles. The second kappa shape index (κ2) is 11.3. The van der Waals surface area contributed by atoms with Crippen LogP contribution in [0.3, 0.4) is 0 Å². The number of ether oxygens (including phenoxy) is 2. The fraction of sp³-hybridized carbons (Fsp3) is 0.0833. The molecule has 3 aromatic rings. The van der Waals surface area contributed by atoms with Crippen LogP contribution in [0.4, 0.5) is 14.9 Å². The Balaban J connectivity index is 1.96. The number of amides is 2. The van der Waals surface area contributed by atoms with Crippen LogP contribution in [0.25, 0.3) is 0 Å². The van der Waals surface area contributed by atoms with E-state index in [9.17, 15) is 19.1 Å². The molecule has 170 valence electrons. The maximum Gasteiger partial charge on any atom is 0.412 e. The van der Waals surface area contributed by atoms with Gasteiger partial charge >= 0.3 is 6.09 Å². The Morgan fingerprint density at radius 2 is 1.64 bits per heavy atom. The maximum atomic E-state index is 14.1. The summed E-state index contributed by atoms with van der Waals surface area (Å²) in [5, 5.41) is 20.9. The minimum absolute atomic E-state index is 0.156. The van der Waals surface area contributed by atoms with E-state index < -0.39 is 35.8 Å². The first-order valence-corrected chi connectivity index (χ1v) is 9.81. The highest BCUT2D eigenvalue weighted by molar-refractivity contribution is 5.86. The molecule has 0 aliphatic carbocycles. The van der Waals surface area contributed by atoms with Gasteiger partial charge in [0.05, 0.1) is 0 Å². The topological polar surface area (TPSA) is 117 Å². The normalized spacial score (nSPS) is 12.5. The molecule has 8 nitrogen and oxygen atoms in total. The highest BCUT2D eigenvalue weighted by Gasteiger charge is 2.28. The van der Waals surface area contributed by atoms with E-state index in [2.05, 4.69) is 5.32 Å². The standard InChI is InChI=1S/C24H21FN2O6/c25-19-15-16(11-12-20(19)28)23(33-24(30)26-17-7-3-1-4-8-17)21(13-14-22(29)27-31)32-18-9-5-2-6-10-18/h1-15,21,23,28,31H,(H,26,30)(H,27,29)/b14-13+/t21-,23-/m0/s1. The van der Waals surface area contributed by atoms with Gasteiger partial charge in [0.15, 0.2) is 23.8 Å². The number of para-hydroxylation sites is 2. The quantitative estimate of drug-likeness (QED) is 0.230. The fourth-order valence-corrected chi connectivity index (χ4v) is 2.89. The molecule has 0 aliphatic rings. The molecule has 0 bridgehead atoms. The van der Waals surface area contributed by atoms with Gasteiger partial charge in [-0.2, -0.15) is 0 Å². The van der Waals surface area contributed by atoms with Crippen molar-refractivity contribution >= 4 is 17.7 Å². The van der Waals surface area contributed by atoms with Crippen LogP contribution < -0.4 is 15.5 Å². The zero-order chi connectivity index (χ0) is 23.6. The number of hydrogen-bond acceptors (Lipinski definition) is 6. The van der Waals surface area contributed by atoms with Gasteiger partial charge in [0.1, 0.15) is 5.75 Å². The molecule has 2 amide bonds. The Labute approximate surface area is 188 Å². The molecule has 0 radical (unpaired) electrons. The zero-order valence-corrected chi connectivity index (χ0v) is 17.2. The third-order valence-corrected chi connectivity index (χ3v) is 4.42. The molecule has 2 atom stereocenters. The monoisotopic (exact) mass is 452 g/mol. The molecule has 0 aromatic heterocycles.